The van der Waals surface area contributed by atoms with E-state index in [-0.39, 0.29) is 5.69 Å². The van der Waals surface area contributed by atoms with Gasteiger partial charge in [0.05, 0.1) is 11.1 Å². The summed E-state index contributed by atoms with van der Waals surface area (Å²) in [5.74, 6) is -0.697. The molecule has 0 aliphatic carbocycles. The molecule has 0 bridgehead atoms. The number of nitro groups is 1. The number of aromatic nitrogens is 2. The zero-order valence-corrected chi connectivity index (χ0v) is 13.5. The molecule has 1 N–H and O–H groups in total. The van der Waals surface area contributed by atoms with Gasteiger partial charge in [-0.2, -0.15) is 23.4 Å². The van der Waals surface area contributed by atoms with E-state index >= 15 is 0 Å². The van der Waals surface area contributed by atoms with Gasteiger partial charge in [0.25, 0.3) is 11.6 Å². The quantitative estimate of drug-likeness (QED) is 0.480. The van der Waals surface area contributed by atoms with Crippen molar-refractivity contribution in [2.75, 3.05) is 0 Å². The Labute approximate surface area is 145 Å². The van der Waals surface area contributed by atoms with Crippen molar-refractivity contribution in [1.29, 1.82) is 0 Å². The minimum atomic E-state index is -4.58. The van der Waals surface area contributed by atoms with Crippen molar-refractivity contribution in [3.63, 3.8) is 0 Å². The molecule has 11 heteroatoms. The largest absolute Gasteiger partial charge is 0.435 e. The first kappa shape index (κ1) is 19.1. The van der Waals surface area contributed by atoms with Crippen molar-refractivity contribution < 1.29 is 22.9 Å². The van der Waals surface area contributed by atoms with Crippen molar-refractivity contribution in [1.82, 2.24) is 15.2 Å². The van der Waals surface area contributed by atoms with Crippen molar-refractivity contribution in [3.05, 3.63) is 57.4 Å². The molecule has 1 aromatic heterocycles. The highest BCUT2D eigenvalue weighted by Gasteiger charge is 2.33. The standard InChI is InChI=1S/C15H14F3N5O3/c1-2-11-4-3-10(7-12(11)23(25)26)8-19-20-14(24)9-22-6-5-13(21-22)15(16,17)18/h3-8H,2,9H2,1H3,(H,20,24)/b19-8-. The van der Waals surface area contributed by atoms with Gasteiger partial charge >= 0.3 is 6.18 Å². The first-order valence-electron chi connectivity index (χ1n) is 7.40. The zero-order chi connectivity index (χ0) is 19.3. The summed E-state index contributed by atoms with van der Waals surface area (Å²) in [6, 6.07) is 5.26. The summed E-state index contributed by atoms with van der Waals surface area (Å²) in [4.78, 5) is 22.1. The Morgan fingerprint density at radius 3 is 2.73 bits per heavy atom. The van der Waals surface area contributed by atoms with Crippen LogP contribution >= 0.6 is 0 Å². The molecule has 0 radical (unpaired) electrons. The van der Waals surface area contributed by atoms with Gasteiger partial charge in [-0.1, -0.05) is 19.1 Å². The molecule has 0 unspecified atom stereocenters. The van der Waals surface area contributed by atoms with Crippen molar-refractivity contribution >= 4 is 17.8 Å². The fourth-order valence-electron chi connectivity index (χ4n) is 2.09. The van der Waals surface area contributed by atoms with Crippen LogP contribution in [-0.4, -0.2) is 26.8 Å². The summed E-state index contributed by atoms with van der Waals surface area (Å²) in [6.07, 6.45) is -1.86. The Morgan fingerprint density at radius 1 is 1.42 bits per heavy atom. The smallest absolute Gasteiger partial charge is 0.271 e. The maximum absolute atomic E-state index is 12.4. The Bertz CT molecular complexity index is 845. The highest BCUT2D eigenvalue weighted by atomic mass is 19.4. The molecular weight excluding hydrogens is 355 g/mol. The lowest BCUT2D eigenvalue weighted by Gasteiger charge is -2.03. The van der Waals surface area contributed by atoms with Crippen LogP contribution < -0.4 is 5.43 Å². The number of rotatable bonds is 6. The van der Waals surface area contributed by atoms with Crippen LogP contribution in [-0.2, 0) is 23.9 Å². The Morgan fingerprint density at radius 2 is 2.15 bits per heavy atom. The third-order valence-electron chi connectivity index (χ3n) is 3.33. The number of hydrogen-bond donors (Lipinski definition) is 1. The Kier molecular flexibility index (Phi) is 5.70. The molecule has 0 saturated carbocycles. The molecule has 1 heterocycles. The average molecular weight is 369 g/mol. The van der Waals surface area contributed by atoms with E-state index in [1.54, 1.807) is 19.1 Å². The van der Waals surface area contributed by atoms with Crippen LogP contribution in [0.1, 0.15) is 23.7 Å². The van der Waals surface area contributed by atoms with Crippen LogP contribution in [0.15, 0.2) is 35.6 Å². The molecule has 0 spiro atoms. The zero-order valence-electron chi connectivity index (χ0n) is 13.5. The molecule has 2 rings (SSSR count). The monoisotopic (exact) mass is 369 g/mol. The second-order valence-electron chi connectivity index (χ2n) is 5.19. The van der Waals surface area contributed by atoms with Crippen molar-refractivity contribution in [3.8, 4) is 0 Å². The molecule has 0 atom stereocenters. The second-order valence-corrected chi connectivity index (χ2v) is 5.19. The van der Waals surface area contributed by atoms with Crippen LogP contribution in [0.2, 0.25) is 0 Å². The number of carbonyl (C=O) groups is 1. The maximum Gasteiger partial charge on any atom is 0.435 e. The summed E-state index contributed by atoms with van der Waals surface area (Å²) >= 11 is 0. The lowest BCUT2D eigenvalue weighted by Crippen LogP contribution is -2.23. The van der Waals surface area contributed by atoms with Gasteiger partial charge in [0.1, 0.15) is 6.54 Å². The molecule has 0 aliphatic rings. The molecule has 1 amide bonds. The van der Waals surface area contributed by atoms with Crippen molar-refractivity contribution in [2.24, 2.45) is 5.10 Å². The van der Waals surface area contributed by atoms with Gasteiger partial charge in [0.2, 0.25) is 0 Å². The first-order chi connectivity index (χ1) is 12.2. The third-order valence-corrected chi connectivity index (χ3v) is 3.33. The van der Waals surface area contributed by atoms with E-state index in [2.05, 4.69) is 15.6 Å². The van der Waals surface area contributed by atoms with E-state index in [0.29, 0.717) is 17.5 Å². The minimum absolute atomic E-state index is 0.0565. The van der Waals surface area contributed by atoms with Gasteiger partial charge < -0.3 is 0 Å². The molecule has 2 aromatic rings. The van der Waals surface area contributed by atoms with Crippen LogP contribution in [0.4, 0.5) is 18.9 Å². The topological polar surface area (TPSA) is 102 Å². The van der Waals surface area contributed by atoms with Crippen LogP contribution in [0.3, 0.4) is 0 Å². The molecule has 0 saturated heterocycles. The minimum Gasteiger partial charge on any atom is -0.271 e. The highest BCUT2D eigenvalue weighted by Crippen LogP contribution is 2.27. The molecular formula is C15H14F3N5O3. The van der Waals surface area contributed by atoms with Gasteiger partial charge in [-0.25, -0.2) is 5.43 Å². The Balaban J connectivity index is 1.98. The first-order valence-corrected chi connectivity index (χ1v) is 7.40. The molecule has 138 valence electrons. The predicted octanol–water partition coefficient (Wildman–Crippen LogP) is 2.52. The fraction of sp³-hybridized carbons (Fsp3) is 0.267. The molecule has 0 aliphatic heterocycles. The number of nitrogens with one attached hydrogen (secondary N) is 1. The number of nitro benzene ring substituents is 1. The van der Waals surface area contributed by atoms with E-state index in [9.17, 15) is 28.1 Å². The SMILES string of the molecule is CCc1ccc(/C=N\NC(=O)Cn2ccc(C(F)(F)F)n2)cc1[N+](=O)[O-]. The summed E-state index contributed by atoms with van der Waals surface area (Å²) in [6.45, 7) is 1.33. The van der Waals surface area contributed by atoms with Crippen LogP contribution in [0.25, 0.3) is 0 Å². The fourth-order valence-corrected chi connectivity index (χ4v) is 2.09. The van der Waals surface area contributed by atoms with E-state index in [1.165, 1.54) is 12.3 Å². The number of carbonyl (C=O) groups excluding carboxylic acids is 1. The van der Waals surface area contributed by atoms with Gasteiger partial charge in [-0.3, -0.25) is 19.6 Å². The summed E-state index contributed by atoms with van der Waals surface area (Å²) < 4.78 is 38.1. The average Bonchev–Trinajstić information content (AvgIpc) is 3.03. The third kappa shape index (κ3) is 4.88. The lowest BCUT2D eigenvalue weighted by molar-refractivity contribution is -0.385. The van der Waals surface area contributed by atoms with Crippen molar-refractivity contribution in [2.45, 2.75) is 26.1 Å². The van der Waals surface area contributed by atoms with E-state index < -0.39 is 29.2 Å². The number of amides is 1. The van der Waals surface area contributed by atoms with Gasteiger partial charge in [0, 0.05) is 23.4 Å². The number of alkyl halides is 3. The van der Waals surface area contributed by atoms with Gasteiger partial charge in [-0.15, -0.1) is 0 Å². The predicted molar refractivity (Wildman–Crippen MR) is 85.4 cm³/mol. The normalized spacial score (nSPS) is 11.7. The highest BCUT2D eigenvalue weighted by molar-refractivity contribution is 5.83. The van der Waals surface area contributed by atoms with E-state index in [1.807, 2.05) is 0 Å². The molecule has 26 heavy (non-hydrogen) atoms. The summed E-state index contributed by atoms with van der Waals surface area (Å²) in [7, 11) is 0. The van der Waals surface area contributed by atoms with E-state index in [0.717, 1.165) is 16.9 Å². The number of hydrogen-bond acceptors (Lipinski definition) is 5. The van der Waals surface area contributed by atoms with Crippen LogP contribution in [0.5, 0.6) is 0 Å². The second kappa shape index (κ2) is 7.76. The van der Waals surface area contributed by atoms with Crippen LogP contribution in [0, 0.1) is 10.1 Å². The number of aryl methyl sites for hydroxylation is 1. The number of benzene rings is 1. The molecule has 8 nitrogen and oxygen atoms in total. The summed E-state index contributed by atoms with van der Waals surface area (Å²) in [5, 5.41) is 17.9. The molecule has 0 fully saturated rings. The summed E-state index contributed by atoms with van der Waals surface area (Å²) in [5.41, 5.74) is 1.93. The van der Waals surface area contributed by atoms with E-state index in [4.69, 9.17) is 0 Å². The lowest BCUT2D eigenvalue weighted by atomic mass is 10.1. The maximum atomic E-state index is 12.4. The number of hydrazone groups is 1. The molecule has 1 aromatic carbocycles. The Hall–Kier alpha value is -3.24. The number of halogens is 3. The number of nitrogens with zero attached hydrogens (tertiary/aromatic N) is 4. The van der Waals surface area contributed by atoms with Gasteiger partial charge in [-0.05, 0) is 12.5 Å². The van der Waals surface area contributed by atoms with Gasteiger partial charge in [0.15, 0.2) is 5.69 Å².